The van der Waals surface area contributed by atoms with Crippen LogP contribution >= 0.6 is 0 Å². The first-order valence-electron chi connectivity index (χ1n) is 9.37. The lowest BCUT2D eigenvalue weighted by molar-refractivity contribution is -0.116. The Kier molecular flexibility index (Phi) is 8.88. The summed E-state index contributed by atoms with van der Waals surface area (Å²) in [6, 6.07) is 14.1. The first kappa shape index (κ1) is 22.1. The second kappa shape index (κ2) is 11.6. The topological polar surface area (TPSA) is 74.8 Å². The Morgan fingerprint density at radius 1 is 1.10 bits per heavy atom. The van der Waals surface area contributed by atoms with Crippen molar-refractivity contribution in [2.24, 2.45) is 4.99 Å². The molecule has 0 fully saturated rings. The third kappa shape index (κ3) is 7.77. The Morgan fingerprint density at radius 3 is 2.59 bits per heavy atom. The Balaban J connectivity index is 1.91. The van der Waals surface area contributed by atoms with E-state index in [2.05, 4.69) is 25.7 Å². The maximum atomic E-state index is 12.5. The monoisotopic (exact) mass is 404 g/mol. The van der Waals surface area contributed by atoms with E-state index in [1.54, 1.807) is 25.2 Å². The molecule has 0 saturated heterocycles. The van der Waals surface area contributed by atoms with Gasteiger partial charge in [0.1, 0.15) is 5.75 Å². The van der Waals surface area contributed by atoms with Gasteiger partial charge >= 0.3 is 6.61 Å². The van der Waals surface area contributed by atoms with E-state index >= 15 is 0 Å². The van der Waals surface area contributed by atoms with E-state index in [1.807, 2.05) is 31.2 Å². The molecular formula is C21H26F2N4O2. The highest BCUT2D eigenvalue weighted by atomic mass is 19.3. The lowest BCUT2D eigenvalue weighted by atomic mass is 10.2. The number of nitrogens with zero attached hydrogens (tertiary/aromatic N) is 1. The fourth-order valence-electron chi connectivity index (χ4n) is 2.66. The molecule has 0 aliphatic carbocycles. The Bertz CT molecular complexity index is 828. The smallest absolute Gasteiger partial charge is 0.387 e. The third-order valence-electron chi connectivity index (χ3n) is 4.01. The lowest BCUT2D eigenvalue weighted by Gasteiger charge is -2.15. The summed E-state index contributed by atoms with van der Waals surface area (Å²) in [6.07, 6.45) is 1.27. The van der Waals surface area contributed by atoms with E-state index in [0.717, 1.165) is 17.7 Å². The number of hydrogen-bond acceptors (Lipinski definition) is 3. The molecule has 0 bridgehead atoms. The number of guanidine groups is 1. The van der Waals surface area contributed by atoms with Crippen LogP contribution in [0.25, 0.3) is 0 Å². The van der Waals surface area contributed by atoms with E-state index in [1.165, 1.54) is 6.07 Å². The number of carbonyl (C=O) groups excluding carboxylic acids is 1. The minimum absolute atomic E-state index is 0.0141. The second-order valence-electron chi connectivity index (χ2n) is 6.26. The van der Waals surface area contributed by atoms with Gasteiger partial charge in [-0.2, -0.15) is 8.78 Å². The molecule has 3 N–H and O–H groups in total. The normalized spacial score (nSPS) is 11.3. The maximum Gasteiger partial charge on any atom is 0.387 e. The summed E-state index contributed by atoms with van der Waals surface area (Å²) in [5.74, 6) is 0.623. The quantitative estimate of drug-likeness (QED) is 0.438. The number of carbonyl (C=O) groups is 1. The van der Waals surface area contributed by atoms with Crippen LogP contribution in [0, 0.1) is 0 Å². The lowest BCUT2D eigenvalue weighted by Crippen LogP contribution is -2.36. The molecule has 8 heteroatoms. The van der Waals surface area contributed by atoms with Crippen LogP contribution in [0.2, 0.25) is 0 Å². The van der Waals surface area contributed by atoms with Crippen LogP contribution < -0.4 is 20.7 Å². The Morgan fingerprint density at radius 2 is 1.86 bits per heavy atom. The number of nitrogens with one attached hydrogen (secondary N) is 3. The van der Waals surface area contributed by atoms with Gasteiger partial charge in [-0.15, -0.1) is 0 Å². The zero-order chi connectivity index (χ0) is 21.1. The van der Waals surface area contributed by atoms with Gasteiger partial charge in [-0.05, 0) is 30.2 Å². The van der Waals surface area contributed by atoms with Crippen molar-refractivity contribution >= 4 is 17.6 Å². The van der Waals surface area contributed by atoms with Crippen molar-refractivity contribution in [1.29, 1.82) is 0 Å². The highest BCUT2D eigenvalue weighted by Gasteiger charge is 2.09. The summed E-state index contributed by atoms with van der Waals surface area (Å²) in [5.41, 5.74) is 2.30. The molecule has 0 aliphatic rings. The summed E-state index contributed by atoms with van der Waals surface area (Å²) in [5, 5.41) is 9.10. The van der Waals surface area contributed by atoms with Crippen molar-refractivity contribution < 1.29 is 18.3 Å². The minimum atomic E-state index is -2.88. The number of aliphatic imine (C=N–C) groups is 1. The molecule has 0 aliphatic heterocycles. The fraction of sp³-hybridized carbons (Fsp3) is 0.333. The van der Waals surface area contributed by atoms with Gasteiger partial charge in [0.25, 0.3) is 0 Å². The summed E-state index contributed by atoms with van der Waals surface area (Å²) in [4.78, 5) is 15.9. The van der Waals surface area contributed by atoms with Crippen molar-refractivity contribution in [2.75, 3.05) is 12.4 Å². The van der Waals surface area contributed by atoms with Crippen LogP contribution in [0.4, 0.5) is 14.5 Å². The predicted molar refractivity (Wildman–Crippen MR) is 110 cm³/mol. The molecule has 0 spiro atoms. The van der Waals surface area contributed by atoms with E-state index < -0.39 is 6.61 Å². The number of anilines is 1. The zero-order valence-electron chi connectivity index (χ0n) is 16.5. The molecule has 6 nitrogen and oxygen atoms in total. The van der Waals surface area contributed by atoms with E-state index in [9.17, 15) is 13.6 Å². The van der Waals surface area contributed by atoms with Gasteiger partial charge in [-0.25, -0.2) is 0 Å². The van der Waals surface area contributed by atoms with Gasteiger partial charge in [0.05, 0.1) is 0 Å². The zero-order valence-corrected chi connectivity index (χ0v) is 16.5. The molecule has 0 radical (unpaired) electrons. The van der Waals surface area contributed by atoms with Crippen molar-refractivity contribution in [3.8, 4) is 5.75 Å². The van der Waals surface area contributed by atoms with Gasteiger partial charge in [-0.1, -0.05) is 37.3 Å². The number of hydrogen-bond donors (Lipinski definition) is 3. The van der Waals surface area contributed by atoms with Crippen LogP contribution in [-0.4, -0.2) is 25.5 Å². The number of alkyl halides is 2. The number of amides is 1. The summed E-state index contributed by atoms with van der Waals surface area (Å²) in [7, 11) is 1.62. The third-order valence-corrected chi connectivity index (χ3v) is 4.01. The molecule has 2 aromatic carbocycles. The summed E-state index contributed by atoms with van der Waals surface area (Å²) >= 11 is 0. The van der Waals surface area contributed by atoms with Gasteiger partial charge in [0.2, 0.25) is 5.91 Å². The average molecular weight is 404 g/mol. The standard InChI is InChI=1S/C21H26F2N4O2/c1-3-7-19(28)27-17-10-6-8-15(12-17)13-25-21(24-2)26-14-16-9-4-5-11-18(16)29-20(22)23/h4-6,8-12,20H,3,7,13-14H2,1-2H3,(H,27,28)(H2,24,25,26). The van der Waals surface area contributed by atoms with Gasteiger partial charge < -0.3 is 20.7 Å². The SMILES string of the molecule is CCCC(=O)Nc1cccc(CNC(=NC)NCc2ccccc2OC(F)F)c1. The average Bonchev–Trinajstić information content (AvgIpc) is 2.69. The van der Waals surface area contributed by atoms with Crippen LogP contribution in [-0.2, 0) is 17.9 Å². The van der Waals surface area contributed by atoms with E-state index in [4.69, 9.17) is 0 Å². The van der Waals surface area contributed by atoms with Crippen molar-refractivity contribution in [3.05, 3.63) is 59.7 Å². The Hall–Kier alpha value is -3.16. The highest BCUT2D eigenvalue weighted by Crippen LogP contribution is 2.20. The maximum absolute atomic E-state index is 12.5. The number of benzene rings is 2. The van der Waals surface area contributed by atoms with Crippen molar-refractivity contribution in [2.45, 2.75) is 39.5 Å². The predicted octanol–water partition coefficient (Wildman–Crippen LogP) is 3.89. The fourth-order valence-corrected chi connectivity index (χ4v) is 2.66. The molecule has 156 valence electrons. The first-order valence-corrected chi connectivity index (χ1v) is 9.37. The number of para-hydroxylation sites is 1. The van der Waals surface area contributed by atoms with E-state index in [0.29, 0.717) is 24.5 Å². The van der Waals surface area contributed by atoms with Crippen LogP contribution in [0.3, 0.4) is 0 Å². The van der Waals surface area contributed by atoms with Crippen molar-refractivity contribution in [1.82, 2.24) is 10.6 Å². The second-order valence-corrected chi connectivity index (χ2v) is 6.26. The molecular weight excluding hydrogens is 378 g/mol. The number of halogens is 2. The van der Waals surface area contributed by atoms with Gasteiger partial charge in [0.15, 0.2) is 5.96 Å². The number of rotatable bonds is 9. The molecule has 0 heterocycles. The molecule has 0 saturated carbocycles. The first-order chi connectivity index (χ1) is 14.0. The molecule has 2 rings (SSSR count). The van der Waals surface area contributed by atoms with Crippen molar-refractivity contribution in [3.63, 3.8) is 0 Å². The molecule has 2 aromatic rings. The Labute approximate surface area is 169 Å². The summed E-state index contributed by atoms with van der Waals surface area (Å²) in [6.45, 7) is -0.169. The van der Waals surface area contributed by atoms with Gasteiger partial charge in [0, 0.05) is 37.8 Å². The van der Waals surface area contributed by atoms with Crippen LogP contribution in [0.5, 0.6) is 5.75 Å². The molecule has 1 amide bonds. The highest BCUT2D eigenvalue weighted by molar-refractivity contribution is 5.90. The summed E-state index contributed by atoms with van der Waals surface area (Å²) < 4.78 is 29.6. The number of ether oxygens (including phenoxy) is 1. The van der Waals surface area contributed by atoms with Crippen LogP contribution in [0.15, 0.2) is 53.5 Å². The largest absolute Gasteiger partial charge is 0.434 e. The van der Waals surface area contributed by atoms with Gasteiger partial charge in [-0.3, -0.25) is 9.79 Å². The van der Waals surface area contributed by atoms with Crippen LogP contribution in [0.1, 0.15) is 30.9 Å². The molecule has 0 unspecified atom stereocenters. The minimum Gasteiger partial charge on any atom is -0.434 e. The molecule has 0 atom stereocenters. The molecule has 0 aromatic heterocycles. The van der Waals surface area contributed by atoms with E-state index in [-0.39, 0.29) is 18.2 Å². The molecule has 29 heavy (non-hydrogen) atoms.